The highest BCUT2D eigenvalue weighted by atomic mass is 16.5. The van der Waals surface area contributed by atoms with Crippen LogP contribution in [-0.4, -0.2) is 72.0 Å². The Bertz CT molecular complexity index is 980. The zero-order chi connectivity index (χ0) is 23.3. The maximum absolute atomic E-state index is 13.2. The zero-order valence-electron chi connectivity index (χ0n) is 18.9. The lowest BCUT2D eigenvalue weighted by Gasteiger charge is -2.28. The largest absolute Gasteiger partial charge is 0.506 e. The molecule has 1 aromatic heterocycles. The van der Waals surface area contributed by atoms with Crippen molar-refractivity contribution in [2.75, 3.05) is 40.4 Å². The zero-order valence-corrected chi connectivity index (χ0v) is 18.9. The molecule has 1 aliphatic heterocycles. The highest BCUT2D eigenvalue weighted by molar-refractivity contribution is 6.46. The summed E-state index contributed by atoms with van der Waals surface area (Å²) >= 11 is 0. The van der Waals surface area contributed by atoms with Crippen molar-refractivity contribution < 1.29 is 24.2 Å². The Kier molecular flexibility index (Phi) is 7.48. The molecule has 0 radical (unpaired) electrons. The summed E-state index contributed by atoms with van der Waals surface area (Å²) in [6.45, 7) is 6.72. The number of nitrogens with zero attached hydrogens (tertiary/aromatic N) is 3. The monoisotopic (exact) mass is 439 g/mol. The van der Waals surface area contributed by atoms with Crippen molar-refractivity contribution in [3.63, 3.8) is 0 Å². The van der Waals surface area contributed by atoms with Gasteiger partial charge in [0.05, 0.1) is 25.8 Å². The van der Waals surface area contributed by atoms with E-state index in [2.05, 4.69) is 9.88 Å². The molecule has 0 aliphatic carbocycles. The third-order valence-corrected chi connectivity index (χ3v) is 5.78. The molecule has 8 nitrogen and oxygen atoms in total. The van der Waals surface area contributed by atoms with E-state index in [1.54, 1.807) is 42.7 Å². The number of benzene rings is 1. The molecule has 1 fully saturated rings. The minimum absolute atomic E-state index is 0.00328. The van der Waals surface area contributed by atoms with Gasteiger partial charge in [0.2, 0.25) is 0 Å². The van der Waals surface area contributed by atoms with Crippen LogP contribution in [0.15, 0.2) is 48.3 Å². The molecular formula is C24H29N3O5. The molecule has 0 bridgehead atoms. The summed E-state index contributed by atoms with van der Waals surface area (Å²) in [5.41, 5.74) is 0.927. The number of rotatable bonds is 9. The molecular weight excluding hydrogens is 410 g/mol. The van der Waals surface area contributed by atoms with Gasteiger partial charge in [-0.2, -0.15) is 0 Å². The van der Waals surface area contributed by atoms with Crippen molar-refractivity contribution in [1.82, 2.24) is 14.8 Å². The number of likely N-dealkylation sites (tertiary alicyclic amines) is 1. The quantitative estimate of drug-likeness (QED) is 0.365. The van der Waals surface area contributed by atoms with Gasteiger partial charge in [-0.15, -0.1) is 0 Å². The summed E-state index contributed by atoms with van der Waals surface area (Å²) < 4.78 is 10.8. The molecule has 32 heavy (non-hydrogen) atoms. The number of carbonyl (C=O) groups excluding carboxylic acids is 2. The van der Waals surface area contributed by atoms with E-state index >= 15 is 0 Å². The molecule has 170 valence electrons. The van der Waals surface area contributed by atoms with Gasteiger partial charge in [-0.25, -0.2) is 0 Å². The standard InChI is InChI=1S/C24H29N3O5/c1-5-26(6-2)14-15-27-21(16-10-12-25-13-11-16)20(23(29)24(27)30)22(28)19-17(31-3)8-7-9-18(19)32-4/h7-13,21,28H,5-6,14-15H2,1-4H3/b22-20+. The summed E-state index contributed by atoms with van der Waals surface area (Å²) in [5.74, 6) is -1.04. The van der Waals surface area contributed by atoms with Gasteiger partial charge in [0.1, 0.15) is 22.8 Å². The third-order valence-electron chi connectivity index (χ3n) is 5.78. The number of Topliss-reactive ketones (excluding diaryl/α,β-unsaturated/α-hetero) is 1. The Morgan fingerprint density at radius 1 is 1.06 bits per heavy atom. The highest BCUT2D eigenvalue weighted by Gasteiger charge is 2.46. The van der Waals surface area contributed by atoms with E-state index in [9.17, 15) is 14.7 Å². The van der Waals surface area contributed by atoms with Crippen molar-refractivity contribution in [1.29, 1.82) is 0 Å². The fourth-order valence-electron chi connectivity index (χ4n) is 4.01. The second-order valence-electron chi connectivity index (χ2n) is 7.34. The fourth-order valence-corrected chi connectivity index (χ4v) is 4.01. The van der Waals surface area contributed by atoms with Crippen LogP contribution >= 0.6 is 0 Å². The Morgan fingerprint density at radius 3 is 2.19 bits per heavy atom. The van der Waals surface area contributed by atoms with Gasteiger partial charge in [-0.1, -0.05) is 19.9 Å². The number of aliphatic hydroxyl groups is 1. The van der Waals surface area contributed by atoms with E-state index in [-0.39, 0.29) is 16.9 Å². The van der Waals surface area contributed by atoms with Crippen LogP contribution in [0.2, 0.25) is 0 Å². The number of likely N-dealkylation sites (N-methyl/N-ethyl adjacent to an activating group) is 1. The Hall–Kier alpha value is -3.39. The molecule has 2 aromatic rings. The number of ketones is 1. The lowest BCUT2D eigenvalue weighted by atomic mass is 9.95. The number of amides is 1. The molecule has 1 unspecified atom stereocenters. The second kappa shape index (κ2) is 10.3. The maximum atomic E-state index is 13.2. The number of aromatic nitrogens is 1. The maximum Gasteiger partial charge on any atom is 0.295 e. The van der Waals surface area contributed by atoms with E-state index in [1.165, 1.54) is 19.1 Å². The number of carbonyl (C=O) groups is 2. The van der Waals surface area contributed by atoms with E-state index in [0.29, 0.717) is 30.2 Å². The Balaban J connectivity index is 2.17. The predicted octanol–water partition coefficient (Wildman–Crippen LogP) is 2.86. The molecule has 1 aromatic carbocycles. The minimum atomic E-state index is -0.747. The van der Waals surface area contributed by atoms with Crippen molar-refractivity contribution in [3.05, 3.63) is 59.4 Å². The summed E-state index contributed by atoms with van der Waals surface area (Å²) in [4.78, 5) is 34.0. The first kappa shape index (κ1) is 23.3. The smallest absolute Gasteiger partial charge is 0.295 e. The summed E-state index contributed by atoms with van der Waals surface area (Å²) in [6.07, 6.45) is 3.20. The first-order valence-electron chi connectivity index (χ1n) is 10.6. The number of hydrogen-bond acceptors (Lipinski definition) is 7. The van der Waals surface area contributed by atoms with Gasteiger partial charge in [0.15, 0.2) is 0 Å². The van der Waals surface area contributed by atoms with Crippen LogP contribution in [0.3, 0.4) is 0 Å². The third kappa shape index (κ3) is 4.31. The van der Waals surface area contributed by atoms with Crippen LogP contribution in [0.4, 0.5) is 0 Å². The van der Waals surface area contributed by atoms with E-state index in [1.807, 2.05) is 13.8 Å². The lowest BCUT2D eigenvalue weighted by Crippen LogP contribution is -2.38. The van der Waals surface area contributed by atoms with Crippen LogP contribution in [0.1, 0.15) is 31.0 Å². The number of hydrogen-bond donors (Lipinski definition) is 1. The van der Waals surface area contributed by atoms with Gasteiger partial charge in [0.25, 0.3) is 11.7 Å². The van der Waals surface area contributed by atoms with Crippen LogP contribution in [0.5, 0.6) is 11.5 Å². The van der Waals surface area contributed by atoms with Crippen molar-refractivity contribution >= 4 is 17.4 Å². The van der Waals surface area contributed by atoms with Crippen LogP contribution in [-0.2, 0) is 9.59 Å². The normalized spacial score (nSPS) is 17.8. The fraction of sp³-hybridized carbons (Fsp3) is 0.375. The Morgan fingerprint density at radius 2 is 1.66 bits per heavy atom. The molecule has 1 saturated heterocycles. The van der Waals surface area contributed by atoms with Gasteiger partial charge in [-0.05, 0) is 42.9 Å². The molecule has 1 atom stereocenters. The molecule has 1 aliphatic rings. The summed E-state index contributed by atoms with van der Waals surface area (Å²) in [7, 11) is 2.93. The van der Waals surface area contributed by atoms with E-state index in [0.717, 1.165) is 13.1 Å². The minimum Gasteiger partial charge on any atom is -0.506 e. The van der Waals surface area contributed by atoms with Gasteiger partial charge in [-0.3, -0.25) is 14.6 Å². The van der Waals surface area contributed by atoms with Crippen molar-refractivity contribution in [3.8, 4) is 11.5 Å². The average Bonchev–Trinajstić information content (AvgIpc) is 3.09. The molecule has 1 N–H and O–H groups in total. The molecule has 1 amide bonds. The first-order chi connectivity index (χ1) is 15.5. The number of ether oxygens (including phenoxy) is 2. The predicted molar refractivity (Wildman–Crippen MR) is 121 cm³/mol. The first-order valence-corrected chi connectivity index (χ1v) is 10.6. The molecule has 3 rings (SSSR count). The van der Waals surface area contributed by atoms with Crippen LogP contribution in [0.25, 0.3) is 5.76 Å². The van der Waals surface area contributed by atoms with Crippen molar-refractivity contribution in [2.24, 2.45) is 0 Å². The van der Waals surface area contributed by atoms with Crippen molar-refractivity contribution in [2.45, 2.75) is 19.9 Å². The van der Waals surface area contributed by atoms with Crippen LogP contribution < -0.4 is 9.47 Å². The Labute approximate surface area is 188 Å². The van der Waals surface area contributed by atoms with Gasteiger partial charge >= 0.3 is 0 Å². The lowest BCUT2D eigenvalue weighted by molar-refractivity contribution is -0.140. The summed E-state index contributed by atoms with van der Waals surface area (Å²) in [5, 5.41) is 11.3. The second-order valence-corrected chi connectivity index (χ2v) is 7.34. The van der Waals surface area contributed by atoms with E-state index < -0.39 is 17.7 Å². The topological polar surface area (TPSA) is 92.2 Å². The number of pyridine rings is 1. The van der Waals surface area contributed by atoms with Gasteiger partial charge < -0.3 is 24.4 Å². The summed E-state index contributed by atoms with van der Waals surface area (Å²) in [6, 6.07) is 7.78. The molecule has 8 heteroatoms. The average molecular weight is 440 g/mol. The number of aliphatic hydroxyl groups excluding tert-OH is 1. The highest BCUT2D eigenvalue weighted by Crippen LogP contribution is 2.43. The SMILES string of the molecule is CCN(CC)CCN1C(=O)C(=O)/C(=C(/O)c2c(OC)cccc2OC)C1c1ccncc1. The molecule has 2 heterocycles. The molecule has 0 saturated carbocycles. The van der Waals surface area contributed by atoms with Gasteiger partial charge in [0, 0.05) is 25.5 Å². The van der Waals surface area contributed by atoms with Crippen LogP contribution in [0, 0.1) is 0 Å². The number of methoxy groups -OCH3 is 2. The molecule has 0 spiro atoms. The van der Waals surface area contributed by atoms with E-state index in [4.69, 9.17) is 9.47 Å².